The van der Waals surface area contributed by atoms with Crippen molar-refractivity contribution < 1.29 is 4.42 Å². The van der Waals surface area contributed by atoms with Crippen LogP contribution in [0.1, 0.15) is 18.4 Å². The predicted octanol–water partition coefficient (Wildman–Crippen LogP) is 3.00. The van der Waals surface area contributed by atoms with Gasteiger partial charge in [-0.2, -0.15) is 10.1 Å². The quantitative estimate of drug-likeness (QED) is 0.741. The molecular weight excluding hydrogens is 264 g/mol. The molecule has 4 rings (SSSR count). The van der Waals surface area contributed by atoms with Crippen molar-refractivity contribution in [3.8, 4) is 0 Å². The Labute approximate surface area is 123 Å². The summed E-state index contributed by atoms with van der Waals surface area (Å²) in [6, 6.07) is 9.06. The molecule has 1 fully saturated rings. The third-order valence-electron chi connectivity index (χ3n) is 4.07. The average Bonchev–Trinajstić information content (AvgIpc) is 3.18. The Morgan fingerprint density at radius 1 is 1.33 bits per heavy atom. The number of oxazole rings is 1. The summed E-state index contributed by atoms with van der Waals surface area (Å²) in [6.07, 6.45) is 6.31. The lowest BCUT2D eigenvalue weighted by molar-refractivity contribution is 0.479. The van der Waals surface area contributed by atoms with Gasteiger partial charge in [0.05, 0.1) is 18.8 Å². The molecular formula is C16H18N4O. The van der Waals surface area contributed by atoms with E-state index < -0.39 is 0 Å². The highest BCUT2D eigenvalue weighted by Crippen LogP contribution is 2.28. The zero-order valence-electron chi connectivity index (χ0n) is 12.1. The average molecular weight is 282 g/mol. The molecule has 1 atom stereocenters. The van der Waals surface area contributed by atoms with Gasteiger partial charge in [-0.1, -0.05) is 12.1 Å². The molecule has 3 aromatic rings. The van der Waals surface area contributed by atoms with Crippen LogP contribution in [0.5, 0.6) is 0 Å². The molecule has 5 nitrogen and oxygen atoms in total. The van der Waals surface area contributed by atoms with Crippen molar-refractivity contribution in [3.63, 3.8) is 0 Å². The van der Waals surface area contributed by atoms with Gasteiger partial charge < -0.3 is 9.32 Å². The normalized spacial score (nSPS) is 18.7. The fraction of sp³-hybridized carbons (Fsp3) is 0.375. The van der Waals surface area contributed by atoms with Crippen molar-refractivity contribution in [1.29, 1.82) is 0 Å². The van der Waals surface area contributed by atoms with Crippen LogP contribution in [0.4, 0.5) is 6.01 Å². The summed E-state index contributed by atoms with van der Waals surface area (Å²) in [5, 5.41) is 4.39. The van der Waals surface area contributed by atoms with Gasteiger partial charge in [-0.3, -0.25) is 4.68 Å². The molecule has 1 aromatic carbocycles. The van der Waals surface area contributed by atoms with Gasteiger partial charge in [0.25, 0.3) is 6.01 Å². The van der Waals surface area contributed by atoms with E-state index in [1.165, 1.54) is 12.0 Å². The van der Waals surface area contributed by atoms with Crippen molar-refractivity contribution in [2.75, 3.05) is 11.4 Å². The van der Waals surface area contributed by atoms with E-state index in [9.17, 15) is 0 Å². The van der Waals surface area contributed by atoms with Crippen LogP contribution in [-0.2, 0) is 6.54 Å². The second-order valence-electron chi connectivity index (χ2n) is 5.69. The Morgan fingerprint density at radius 3 is 3.05 bits per heavy atom. The molecule has 1 saturated heterocycles. The molecule has 0 radical (unpaired) electrons. The summed E-state index contributed by atoms with van der Waals surface area (Å²) in [7, 11) is 0. The summed E-state index contributed by atoms with van der Waals surface area (Å²) in [5.41, 5.74) is 2.97. The fourth-order valence-electron chi connectivity index (χ4n) is 3.04. The zero-order valence-corrected chi connectivity index (χ0v) is 12.1. The van der Waals surface area contributed by atoms with Crippen LogP contribution >= 0.6 is 0 Å². The zero-order chi connectivity index (χ0) is 14.2. The first-order chi connectivity index (χ1) is 10.3. The number of hydrogen-bond acceptors (Lipinski definition) is 4. The number of anilines is 1. The van der Waals surface area contributed by atoms with Crippen molar-refractivity contribution in [1.82, 2.24) is 14.8 Å². The van der Waals surface area contributed by atoms with Gasteiger partial charge in [0.1, 0.15) is 5.52 Å². The smallest absolute Gasteiger partial charge is 0.298 e. The van der Waals surface area contributed by atoms with Crippen molar-refractivity contribution in [3.05, 3.63) is 42.2 Å². The molecule has 1 aliphatic heterocycles. The minimum Gasteiger partial charge on any atom is -0.423 e. The van der Waals surface area contributed by atoms with Crippen molar-refractivity contribution in [2.24, 2.45) is 0 Å². The lowest BCUT2D eigenvalue weighted by Crippen LogP contribution is -2.33. The molecule has 2 aromatic heterocycles. The predicted molar refractivity (Wildman–Crippen MR) is 81.3 cm³/mol. The van der Waals surface area contributed by atoms with Gasteiger partial charge in [-0.25, -0.2) is 0 Å². The molecule has 0 spiro atoms. The van der Waals surface area contributed by atoms with Crippen LogP contribution < -0.4 is 4.90 Å². The molecule has 21 heavy (non-hydrogen) atoms. The number of aromatic nitrogens is 3. The molecule has 0 saturated carbocycles. The van der Waals surface area contributed by atoms with Crippen LogP contribution in [0.25, 0.3) is 11.1 Å². The fourth-order valence-corrected chi connectivity index (χ4v) is 3.04. The molecule has 0 N–H and O–H groups in total. The van der Waals surface area contributed by atoms with Gasteiger partial charge in [-0.05, 0) is 37.5 Å². The number of aryl methyl sites for hydroxylation is 1. The van der Waals surface area contributed by atoms with Crippen molar-refractivity contribution in [2.45, 2.75) is 32.4 Å². The number of para-hydroxylation sites is 2. The minimum atomic E-state index is 0.400. The number of benzene rings is 1. The van der Waals surface area contributed by atoms with E-state index in [0.717, 1.165) is 36.6 Å². The molecule has 108 valence electrons. The lowest BCUT2D eigenvalue weighted by atomic mass is 10.2. The molecule has 5 heteroatoms. The Hall–Kier alpha value is -2.30. The topological polar surface area (TPSA) is 47.1 Å². The largest absolute Gasteiger partial charge is 0.423 e. The second kappa shape index (κ2) is 4.91. The highest BCUT2D eigenvalue weighted by Gasteiger charge is 2.28. The van der Waals surface area contributed by atoms with Gasteiger partial charge in [0.15, 0.2) is 5.58 Å². The molecule has 0 unspecified atom stereocenters. The molecule has 0 bridgehead atoms. The highest BCUT2D eigenvalue weighted by atomic mass is 16.4. The third kappa shape index (κ3) is 2.28. The lowest BCUT2D eigenvalue weighted by Gasteiger charge is -2.22. The molecule has 0 amide bonds. The Kier molecular flexibility index (Phi) is 2.91. The monoisotopic (exact) mass is 282 g/mol. The second-order valence-corrected chi connectivity index (χ2v) is 5.69. The van der Waals surface area contributed by atoms with Crippen LogP contribution in [0.2, 0.25) is 0 Å². The van der Waals surface area contributed by atoms with Gasteiger partial charge >= 0.3 is 0 Å². The summed E-state index contributed by atoms with van der Waals surface area (Å²) in [5.74, 6) is 0. The van der Waals surface area contributed by atoms with Gasteiger partial charge in [0, 0.05) is 12.7 Å². The van der Waals surface area contributed by atoms with Crippen LogP contribution in [-0.4, -0.2) is 27.4 Å². The summed E-state index contributed by atoms with van der Waals surface area (Å²) in [6.45, 7) is 3.95. The first kappa shape index (κ1) is 12.4. The van der Waals surface area contributed by atoms with Crippen LogP contribution in [0.3, 0.4) is 0 Å². The Morgan fingerprint density at radius 2 is 2.24 bits per heavy atom. The Balaban J connectivity index is 1.60. The van der Waals surface area contributed by atoms with Gasteiger partial charge in [-0.15, -0.1) is 0 Å². The van der Waals surface area contributed by atoms with E-state index in [1.54, 1.807) is 0 Å². The summed E-state index contributed by atoms with van der Waals surface area (Å²) < 4.78 is 7.93. The molecule has 0 aliphatic carbocycles. The number of hydrogen-bond donors (Lipinski definition) is 0. The summed E-state index contributed by atoms with van der Waals surface area (Å²) >= 11 is 0. The number of fused-ring (bicyclic) bond motifs is 1. The van der Waals surface area contributed by atoms with Crippen LogP contribution in [0, 0.1) is 6.92 Å². The summed E-state index contributed by atoms with van der Waals surface area (Å²) in [4.78, 5) is 6.90. The Bertz CT molecular complexity index is 727. The minimum absolute atomic E-state index is 0.400. The van der Waals surface area contributed by atoms with E-state index in [2.05, 4.69) is 28.1 Å². The van der Waals surface area contributed by atoms with E-state index in [1.807, 2.05) is 35.1 Å². The first-order valence-corrected chi connectivity index (χ1v) is 7.41. The number of nitrogens with zero attached hydrogens (tertiary/aromatic N) is 4. The SMILES string of the molecule is Cc1cnn(C[C@H]2CCCN2c2nc3ccccc3o2)c1. The molecule has 1 aliphatic rings. The highest BCUT2D eigenvalue weighted by molar-refractivity contribution is 5.74. The van der Waals surface area contributed by atoms with E-state index in [4.69, 9.17) is 4.42 Å². The maximum absolute atomic E-state index is 5.91. The maximum Gasteiger partial charge on any atom is 0.298 e. The van der Waals surface area contributed by atoms with E-state index in [-0.39, 0.29) is 0 Å². The molecule has 3 heterocycles. The maximum atomic E-state index is 5.91. The van der Waals surface area contributed by atoms with Crippen molar-refractivity contribution >= 4 is 17.1 Å². The van der Waals surface area contributed by atoms with E-state index >= 15 is 0 Å². The van der Waals surface area contributed by atoms with Gasteiger partial charge in [0.2, 0.25) is 0 Å². The standard InChI is InChI=1S/C16H18N4O/c1-12-9-17-19(10-12)11-13-5-4-8-20(13)16-18-14-6-2-3-7-15(14)21-16/h2-3,6-7,9-10,13H,4-5,8,11H2,1H3/t13-/m1/s1. The third-order valence-corrected chi connectivity index (χ3v) is 4.07. The van der Waals surface area contributed by atoms with E-state index in [0.29, 0.717) is 6.04 Å². The first-order valence-electron chi connectivity index (χ1n) is 7.41. The number of rotatable bonds is 3. The van der Waals surface area contributed by atoms with Crippen LogP contribution in [0.15, 0.2) is 41.1 Å².